The number of hydrogen-bond donors (Lipinski definition) is 1. The molecule has 1 N–H and O–H groups in total. The fraction of sp³-hybridized carbons (Fsp3) is 0.257. The van der Waals surface area contributed by atoms with E-state index < -0.39 is 28.5 Å². The van der Waals surface area contributed by atoms with E-state index in [1.807, 2.05) is 51.1 Å². The summed E-state index contributed by atoms with van der Waals surface area (Å²) in [5.41, 5.74) is 2.85. The highest BCUT2D eigenvalue weighted by Gasteiger charge is 2.35. The summed E-state index contributed by atoms with van der Waals surface area (Å²) in [7, 11) is -4.21. The van der Waals surface area contributed by atoms with Gasteiger partial charge < -0.3 is 10.2 Å². The zero-order chi connectivity index (χ0) is 32.6. The Bertz CT molecular complexity index is 1680. The van der Waals surface area contributed by atoms with Crippen molar-refractivity contribution in [2.24, 2.45) is 0 Å². The summed E-state index contributed by atoms with van der Waals surface area (Å²) in [6.07, 6.45) is 0.937. The van der Waals surface area contributed by atoms with Gasteiger partial charge in [0.15, 0.2) is 0 Å². The molecular weight excluding hydrogens is 629 g/mol. The SMILES string of the molecule is CC[C@@H](C)NC(=O)[C@H](Cc1ccccc1)N(Cc1ccc(Cl)cc1)C(=O)CN(c1ccc(C)cc1)S(=O)(=O)c1ccc(Cl)cc1. The maximum Gasteiger partial charge on any atom is 0.264 e. The zero-order valence-electron chi connectivity index (χ0n) is 25.5. The fourth-order valence-electron chi connectivity index (χ4n) is 4.76. The van der Waals surface area contributed by atoms with Crippen LogP contribution in [0.15, 0.2) is 108 Å². The molecule has 4 aromatic carbocycles. The van der Waals surface area contributed by atoms with Crippen LogP contribution in [-0.2, 0) is 32.6 Å². The summed E-state index contributed by atoms with van der Waals surface area (Å²) in [6.45, 7) is 5.29. The molecule has 0 aliphatic rings. The van der Waals surface area contributed by atoms with Gasteiger partial charge in [-0.05, 0) is 79.9 Å². The number of hydrogen-bond acceptors (Lipinski definition) is 4. The molecule has 0 saturated heterocycles. The predicted octanol–water partition coefficient (Wildman–Crippen LogP) is 7.05. The summed E-state index contributed by atoms with van der Waals surface area (Å²) in [5, 5.41) is 3.95. The van der Waals surface area contributed by atoms with E-state index in [4.69, 9.17) is 23.2 Å². The molecule has 2 amide bonds. The van der Waals surface area contributed by atoms with Crippen LogP contribution in [0.25, 0.3) is 0 Å². The van der Waals surface area contributed by atoms with Crippen LogP contribution in [0.1, 0.15) is 37.0 Å². The maximum absolute atomic E-state index is 14.5. The van der Waals surface area contributed by atoms with Gasteiger partial charge in [0.25, 0.3) is 10.0 Å². The van der Waals surface area contributed by atoms with E-state index in [0.717, 1.165) is 21.0 Å². The Kier molecular flexibility index (Phi) is 11.7. The largest absolute Gasteiger partial charge is 0.352 e. The smallest absolute Gasteiger partial charge is 0.264 e. The average Bonchev–Trinajstić information content (AvgIpc) is 3.03. The molecule has 0 saturated carbocycles. The Morgan fingerprint density at radius 2 is 1.38 bits per heavy atom. The molecule has 0 spiro atoms. The lowest BCUT2D eigenvalue weighted by Gasteiger charge is -2.34. The molecule has 10 heteroatoms. The van der Waals surface area contributed by atoms with Gasteiger partial charge in [0, 0.05) is 29.1 Å². The number of amides is 2. The van der Waals surface area contributed by atoms with E-state index in [9.17, 15) is 18.0 Å². The van der Waals surface area contributed by atoms with Crippen molar-refractivity contribution >= 4 is 50.7 Å². The Morgan fingerprint density at radius 1 is 0.800 bits per heavy atom. The molecule has 2 atom stereocenters. The maximum atomic E-state index is 14.5. The third-order valence-corrected chi connectivity index (χ3v) is 9.83. The molecule has 0 radical (unpaired) electrons. The molecule has 0 aliphatic heterocycles. The van der Waals surface area contributed by atoms with Gasteiger partial charge >= 0.3 is 0 Å². The van der Waals surface area contributed by atoms with E-state index in [2.05, 4.69) is 5.32 Å². The van der Waals surface area contributed by atoms with Gasteiger partial charge in [-0.15, -0.1) is 0 Å². The number of benzene rings is 4. The van der Waals surface area contributed by atoms with Gasteiger partial charge in [0.1, 0.15) is 12.6 Å². The topological polar surface area (TPSA) is 86.8 Å². The van der Waals surface area contributed by atoms with Crippen LogP contribution in [0.4, 0.5) is 5.69 Å². The van der Waals surface area contributed by atoms with Crippen LogP contribution in [0.3, 0.4) is 0 Å². The van der Waals surface area contributed by atoms with E-state index in [1.165, 1.54) is 29.2 Å². The number of rotatable bonds is 13. The number of nitrogens with zero attached hydrogens (tertiary/aromatic N) is 2. The first-order valence-electron chi connectivity index (χ1n) is 14.7. The first-order chi connectivity index (χ1) is 21.5. The summed E-state index contributed by atoms with van der Waals surface area (Å²) < 4.78 is 29.2. The van der Waals surface area contributed by atoms with Gasteiger partial charge in [-0.3, -0.25) is 13.9 Å². The van der Waals surface area contributed by atoms with Gasteiger partial charge in [0.2, 0.25) is 11.8 Å². The molecule has 0 aliphatic carbocycles. The minimum Gasteiger partial charge on any atom is -0.352 e. The van der Waals surface area contributed by atoms with Crippen molar-refractivity contribution in [2.75, 3.05) is 10.8 Å². The third kappa shape index (κ3) is 9.10. The van der Waals surface area contributed by atoms with Crippen LogP contribution >= 0.6 is 23.2 Å². The molecule has 0 fully saturated rings. The van der Waals surface area contributed by atoms with E-state index in [-0.39, 0.29) is 29.8 Å². The molecule has 0 bridgehead atoms. The molecular formula is C35H37Cl2N3O4S. The lowest BCUT2D eigenvalue weighted by molar-refractivity contribution is -0.140. The van der Waals surface area contributed by atoms with E-state index >= 15 is 0 Å². The number of anilines is 1. The second-order valence-corrected chi connectivity index (χ2v) is 13.7. The molecule has 45 heavy (non-hydrogen) atoms. The standard InChI is InChI=1S/C35H37Cl2N3O4S/c1-4-26(3)38-35(42)33(22-27-8-6-5-7-9-27)39(23-28-12-14-29(36)15-13-28)34(41)24-40(31-18-10-25(2)11-19-31)45(43,44)32-20-16-30(37)17-21-32/h5-21,26,33H,4,22-24H2,1-3H3,(H,38,42)/t26-,33+/m1/s1. The van der Waals surface area contributed by atoms with E-state index in [0.29, 0.717) is 22.2 Å². The van der Waals surface area contributed by atoms with Crippen LogP contribution in [0, 0.1) is 6.92 Å². The molecule has 4 rings (SSSR count). The van der Waals surface area contributed by atoms with Crippen LogP contribution in [0.2, 0.25) is 10.0 Å². The van der Waals surface area contributed by atoms with Crippen molar-refractivity contribution in [3.63, 3.8) is 0 Å². The molecule has 4 aromatic rings. The average molecular weight is 667 g/mol. The Morgan fingerprint density at radius 3 is 1.96 bits per heavy atom. The summed E-state index contributed by atoms with van der Waals surface area (Å²) in [4.78, 5) is 29.8. The fourth-order valence-corrected chi connectivity index (χ4v) is 6.42. The first kappa shape index (κ1) is 34.0. The Hall–Kier alpha value is -3.85. The number of aryl methyl sites for hydroxylation is 1. The lowest BCUT2D eigenvalue weighted by Crippen LogP contribution is -2.54. The van der Waals surface area contributed by atoms with Crippen LogP contribution in [-0.4, -0.2) is 43.8 Å². The Balaban J connectivity index is 1.80. The molecule has 7 nitrogen and oxygen atoms in total. The molecule has 0 aromatic heterocycles. The normalized spacial score (nSPS) is 12.6. The van der Waals surface area contributed by atoms with Crippen molar-refractivity contribution < 1.29 is 18.0 Å². The van der Waals surface area contributed by atoms with Gasteiger partial charge in [-0.1, -0.05) is 90.3 Å². The molecule has 0 heterocycles. The number of halogens is 2. The second kappa shape index (κ2) is 15.4. The van der Waals surface area contributed by atoms with Crippen molar-refractivity contribution in [1.29, 1.82) is 0 Å². The van der Waals surface area contributed by atoms with E-state index in [1.54, 1.807) is 48.5 Å². The minimum absolute atomic E-state index is 0.0140. The Labute approximate surface area is 275 Å². The quantitative estimate of drug-likeness (QED) is 0.166. The summed E-state index contributed by atoms with van der Waals surface area (Å²) in [6, 6.07) is 28.1. The van der Waals surface area contributed by atoms with Gasteiger partial charge in [0.05, 0.1) is 10.6 Å². The summed E-state index contributed by atoms with van der Waals surface area (Å²) >= 11 is 12.2. The number of nitrogens with one attached hydrogen (secondary N) is 1. The third-order valence-electron chi connectivity index (χ3n) is 7.54. The number of carbonyl (C=O) groups is 2. The van der Waals surface area contributed by atoms with Crippen LogP contribution < -0.4 is 9.62 Å². The van der Waals surface area contributed by atoms with Gasteiger partial charge in [-0.25, -0.2) is 8.42 Å². The summed E-state index contributed by atoms with van der Waals surface area (Å²) in [5.74, 6) is -0.860. The van der Waals surface area contributed by atoms with Crippen molar-refractivity contribution in [3.8, 4) is 0 Å². The zero-order valence-corrected chi connectivity index (χ0v) is 27.8. The monoisotopic (exact) mass is 665 g/mol. The highest BCUT2D eigenvalue weighted by atomic mass is 35.5. The number of carbonyl (C=O) groups excluding carboxylic acids is 2. The van der Waals surface area contributed by atoms with Gasteiger partial charge in [-0.2, -0.15) is 0 Å². The highest BCUT2D eigenvalue weighted by Crippen LogP contribution is 2.26. The first-order valence-corrected chi connectivity index (χ1v) is 16.9. The van der Waals surface area contributed by atoms with Crippen molar-refractivity contribution in [1.82, 2.24) is 10.2 Å². The second-order valence-electron chi connectivity index (χ2n) is 11.0. The van der Waals surface area contributed by atoms with Crippen LogP contribution in [0.5, 0.6) is 0 Å². The number of sulfonamides is 1. The van der Waals surface area contributed by atoms with Crippen molar-refractivity contribution in [3.05, 3.63) is 130 Å². The highest BCUT2D eigenvalue weighted by molar-refractivity contribution is 7.92. The molecule has 0 unspecified atom stereocenters. The minimum atomic E-state index is -4.21. The van der Waals surface area contributed by atoms with Crippen molar-refractivity contribution in [2.45, 2.75) is 57.1 Å². The lowest BCUT2D eigenvalue weighted by atomic mass is 10.0. The molecule has 236 valence electrons. The predicted molar refractivity (Wildman–Crippen MR) is 181 cm³/mol.